The van der Waals surface area contributed by atoms with Crippen LogP contribution in [0, 0.1) is 33.5 Å². The van der Waals surface area contributed by atoms with Crippen LogP contribution in [0.4, 0.5) is 0 Å². The lowest BCUT2D eigenvalue weighted by Crippen LogP contribution is -2.82. The van der Waals surface area contributed by atoms with Crippen LogP contribution >= 0.6 is 0 Å². The maximum Gasteiger partial charge on any atom is 0.303 e. The summed E-state index contributed by atoms with van der Waals surface area (Å²) in [6.07, 6.45) is -2.27. The van der Waals surface area contributed by atoms with Crippen molar-refractivity contribution in [2.24, 2.45) is 33.5 Å². The van der Waals surface area contributed by atoms with Gasteiger partial charge in [-0.25, -0.2) is 0 Å². The molecule has 7 rings (SSSR count). The van der Waals surface area contributed by atoms with Gasteiger partial charge in [0.25, 0.3) is 0 Å². The van der Waals surface area contributed by atoms with Crippen molar-refractivity contribution in [3.05, 3.63) is 24.2 Å². The van der Waals surface area contributed by atoms with E-state index in [9.17, 15) is 24.9 Å². The molecule has 1 aromatic heterocycles. The number of rotatable bonds is 3. The average molecular weight is 575 g/mol. The van der Waals surface area contributed by atoms with Crippen LogP contribution in [0.1, 0.15) is 65.4 Å². The standard InChI is InChI=1S/C30H38O11/c1-13(31)39-20-10-19(34)29-12-38-25(36)26(20,3)17(29)9-18(33)28(5)23(29)22(35)24(40-14(2)32)27(4)16(15-6-7-37-11-15)8-21-30(27,28)41-21/h6-7,11,16-21,23-25,33-34,36H,8-10,12H2,1-5H3/t16-,17?,18+,19-,20+,21+,23?,24-,25-,26+,27+,28+,29+,30+/m0/s1. The Bertz CT molecular complexity index is 1310. The number of aliphatic hydroxyl groups is 3. The first kappa shape index (κ1) is 27.5. The van der Waals surface area contributed by atoms with Gasteiger partial charge in [0, 0.05) is 42.9 Å². The van der Waals surface area contributed by atoms with Gasteiger partial charge in [-0.2, -0.15) is 0 Å². The quantitative estimate of drug-likeness (QED) is 0.354. The number of ether oxygens (including phenoxy) is 4. The molecule has 1 aromatic rings. The maximum absolute atomic E-state index is 15.0. The first-order valence-electron chi connectivity index (χ1n) is 14.5. The Morgan fingerprint density at radius 2 is 1.68 bits per heavy atom. The van der Waals surface area contributed by atoms with E-state index in [4.69, 9.17) is 23.4 Å². The molecule has 14 atom stereocenters. The lowest BCUT2D eigenvalue weighted by molar-refractivity contribution is -0.373. The van der Waals surface area contributed by atoms with Crippen molar-refractivity contribution < 1.29 is 53.1 Å². The highest BCUT2D eigenvalue weighted by atomic mass is 16.6. The molecule has 224 valence electrons. The molecule has 6 aliphatic rings. The Morgan fingerprint density at radius 1 is 0.976 bits per heavy atom. The van der Waals surface area contributed by atoms with Crippen LogP contribution in [-0.4, -0.2) is 82.1 Å². The van der Waals surface area contributed by atoms with Crippen LogP contribution in [-0.2, 0) is 33.3 Å². The Labute approximate surface area is 237 Å². The monoisotopic (exact) mass is 574 g/mol. The van der Waals surface area contributed by atoms with E-state index in [0.717, 1.165) is 5.56 Å². The summed E-state index contributed by atoms with van der Waals surface area (Å²) in [7, 11) is 0. The van der Waals surface area contributed by atoms with Crippen LogP contribution in [0.5, 0.6) is 0 Å². The Hall–Kier alpha value is -2.31. The van der Waals surface area contributed by atoms with Crippen molar-refractivity contribution in [2.45, 2.75) is 102 Å². The zero-order chi connectivity index (χ0) is 29.5. The van der Waals surface area contributed by atoms with Gasteiger partial charge in [-0.1, -0.05) is 20.8 Å². The third-order valence-corrected chi connectivity index (χ3v) is 12.6. The molecule has 0 aromatic carbocycles. The summed E-state index contributed by atoms with van der Waals surface area (Å²) in [4.78, 5) is 39.7. The first-order valence-corrected chi connectivity index (χ1v) is 14.5. The molecule has 1 spiro atoms. The van der Waals surface area contributed by atoms with Crippen molar-refractivity contribution in [2.75, 3.05) is 6.61 Å². The lowest BCUT2D eigenvalue weighted by Gasteiger charge is -2.73. The smallest absolute Gasteiger partial charge is 0.303 e. The average Bonchev–Trinajstić information content (AvgIpc) is 3.26. The second-order valence-corrected chi connectivity index (χ2v) is 13.9. The van der Waals surface area contributed by atoms with E-state index in [2.05, 4.69) is 0 Å². The predicted molar refractivity (Wildman–Crippen MR) is 137 cm³/mol. The summed E-state index contributed by atoms with van der Waals surface area (Å²) >= 11 is 0. The molecule has 0 radical (unpaired) electrons. The van der Waals surface area contributed by atoms with Crippen molar-refractivity contribution >= 4 is 17.7 Å². The normalized spacial score (nSPS) is 54.7. The molecule has 2 bridgehead atoms. The third kappa shape index (κ3) is 2.85. The highest BCUT2D eigenvalue weighted by Gasteiger charge is 2.92. The molecule has 6 fully saturated rings. The van der Waals surface area contributed by atoms with Gasteiger partial charge in [-0.3, -0.25) is 14.4 Å². The third-order valence-electron chi connectivity index (χ3n) is 12.6. The number of aliphatic hydroxyl groups excluding tert-OH is 3. The van der Waals surface area contributed by atoms with Crippen LogP contribution in [0.3, 0.4) is 0 Å². The topological polar surface area (TPSA) is 165 Å². The fourth-order valence-electron chi connectivity index (χ4n) is 11.0. The number of hydrogen-bond acceptors (Lipinski definition) is 11. The van der Waals surface area contributed by atoms with E-state index in [0.29, 0.717) is 6.42 Å². The number of fused-ring (bicyclic) bond motifs is 1. The summed E-state index contributed by atoms with van der Waals surface area (Å²) in [5.41, 5.74) is -4.93. The molecule has 11 heteroatoms. The van der Waals surface area contributed by atoms with Gasteiger partial charge in [-0.15, -0.1) is 0 Å². The van der Waals surface area contributed by atoms with E-state index in [1.807, 2.05) is 19.9 Å². The van der Waals surface area contributed by atoms with Crippen LogP contribution in [0.25, 0.3) is 0 Å². The molecule has 3 heterocycles. The van der Waals surface area contributed by atoms with Crippen molar-refractivity contribution in [1.29, 1.82) is 0 Å². The van der Waals surface area contributed by atoms with Crippen molar-refractivity contribution in [1.82, 2.24) is 0 Å². The highest BCUT2D eigenvalue weighted by Crippen LogP contribution is 2.82. The molecular weight excluding hydrogens is 536 g/mol. The van der Waals surface area contributed by atoms with E-state index in [1.54, 1.807) is 19.5 Å². The minimum absolute atomic E-state index is 0.0205. The molecule has 41 heavy (non-hydrogen) atoms. The maximum atomic E-state index is 15.0. The zero-order valence-electron chi connectivity index (χ0n) is 23.9. The van der Waals surface area contributed by atoms with Gasteiger partial charge in [0.1, 0.15) is 11.7 Å². The van der Waals surface area contributed by atoms with Gasteiger partial charge in [0.2, 0.25) is 0 Å². The van der Waals surface area contributed by atoms with E-state index in [1.165, 1.54) is 13.8 Å². The largest absolute Gasteiger partial charge is 0.472 e. The molecule has 2 saturated heterocycles. The van der Waals surface area contributed by atoms with Crippen LogP contribution in [0.2, 0.25) is 0 Å². The summed E-state index contributed by atoms with van der Waals surface area (Å²) in [6, 6.07) is 1.84. The molecule has 4 saturated carbocycles. The number of carbonyl (C=O) groups excluding carboxylic acids is 3. The summed E-state index contributed by atoms with van der Waals surface area (Å²) < 4.78 is 29.5. The highest BCUT2D eigenvalue weighted by molar-refractivity contribution is 5.93. The van der Waals surface area contributed by atoms with Crippen molar-refractivity contribution in [3.63, 3.8) is 0 Å². The number of hydrogen-bond donors (Lipinski definition) is 3. The first-order chi connectivity index (χ1) is 19.2. The summed E-state index contributed by atoms with van der Waals surface area (Å²) in [5.74, 6) is -3.56. The van der Waals surface area contributed by atoms with E-state index in [-0.39, 0.29) is 31.5 Å². The second-order valence-electron chi connectivity index (χ2n) is 13.9. The van der Waals surface area contributed by atoms with Gasteiger partial charge in [0.05, 0.1) is 48.3 Å². The summed E-state index contributed by atoms with van der Waals surface area (Å²) in [6.45, 7) is 7.85. The number of Topliss-reactive ketones (excluding diaryl/α,β-unsaturated/α-hetero) is 1. The molecular formula is C30H38O11. The minimum atomic E-state index is -1.36. The summed E-state index contributed by atoms with van der Waals surface area (Å²) in [5, 5.41) is 35.4. The molecule has 11 nitrogen and oxygen atoms in total. The predicted octanol–water partition coefficient (Wildman–Crippen LogP) is 1.47. The molecule has 0 amide bonds. The number of epoxide rings is 1. The fourth-order valence-corrected chi connectivity index (χ4v) is 11.0. The minimum Gasteiger partial charge on any atom is -0.472 e. The number of esters is 2. The lowest BCUT2D eigenvalue weighted by atomic mass is 9.33. The number of carbonyl (C=O) groups is 3. The zero-order valence-corrected chi connectivity index (χ0v) is 23.9. The molecule has 4 aliphatic carbocycles. The second kappa shape index (κ2) is 8.19. The van der Waals surface area contributed by atoms with Crippen molar-refractivity contribution in [3.8, 4) is 0 Å². The van der Waals surface area contributed by atoms with Gasteiger partial charge < -0.3 is 38.7 Å². The van der Waals surface area contributed by atoms with Crippen LogP contribution < -0.4 is 0 Å². The van der Waals surface area contributed by atoms with Gasteiger partial charge >= 0.3 is 11.9 Å². The van der Waals surface area contributed by atoms with Gasteiger partial charge in [0.15, 0.2) is 18.2 Å². The Kier molecular flexibility index (Phi) is 5.50. The SMILES string of the molecule is CC(=O)O[C@@H]1C[C@H](O)[C@@]23CO[C@H](O)[C@]1(C)C2C[C@@H](O)[C@]1(C)C3C(=O)[C@H](OC(C)=O)[C@@]2(C)[C@H](c3ccoc3)C[C@H]3O[C@]321. The molecule has 3 N–H and O–H groups in total. The Morgan fingerprint density at radius 3 is 2.32 bits per heavy atom. The Balaban J connectivity index is 1.44. The number of furan rings is 1. The van der Waals surface area contributed by atoms with E-state index >= 15 is 4.79 Å². The fraction of sp³-hybridized carbons (Fsp3) is 0.767. The molecule has 2 unspecified atom stereocenters. The van der Waals surface area contributed by atoms with Crippen LogP contribution in [0.15, 0.2) is 23.0 Å². The molecule has 2 aliphatic heterocycles. The number of ketones is 1. The van der Waals surface area contributed by atoms with Gasteiger partial charge in [-0.05, 0) is 30.4 Å². The van der Waals surface area contributed by atoms with E-state index < -0.39 is 87.5 Å².